The molecule has 0 saturated carbocycles. The zero-order valence-electron chi connectivity index (χ0n) is 11.1. The molecular formula is C9H23N5O5S. The van der Waals surface area contributed by atoms with Crippen LogP contribution in [0.2, 0.25) is 0 Å². The van der Waals surface area contributed by atoms with Gasteiger partial charge in [0.2, 0.25) is 0 Å². The molecule has 0 aromatic heterocycles. The molecule has 0 bridgehead atoms. The first-order chi connectivity index (χ1) is 9.10. The third-order valence-corrected chi connectivity index (χ3v) is 2.70. The number of aliphatic carboxylic acids is 1. The third kappa shape index (κ3) is 18.9. The van der Waals surface area contributed by atoms with E-state index in [9.17, 15) is 13.2 Å². The van der Waals surface area contributed by atoms with Gasteiger partial charge in [-0.05, 0) is 25.8 Å². The van der Waals surface area contributed by atoms with Crippen LogP contribution in [0.3, 0.4) is 0 Å². The van der Waals surface area contributed by atoms with E-state index in [2.05, 4.69) is 4.99 Å². The fraction of sp³-hybridized carbons (Fsp3) is 0.778. The predicted octanol–water partition coefficient (Wildman–Crippen LogP) is -2.33. The minimum Gasteiger partial charge on any atom is -0.480 e. The van der Waals surface area contributed by atoms with E-state index in [4.69, 9.17) is 32.6 Å². The van der Waals surface area contributed by atoms with Crippen LogP contribution in [-0.2, 0) is 14.9 Å². The van der Waals surface area contributed by atoms with Crippen LogP contribution in [0.25, 0.3) is 0 Å². The Hall–Kier alpha value is -1.43. The van der Waals surface area contributed by atoms with E-state index >= 15 is 0 Å². The molecule has 0 spiro atoms. The first kappa shape index (κ1) is 20.9. The minimum atomic E-state index is -3.77. The van der Waals surface area contributed by atoms with E-state index in [0.717, 1.165) is 0 Å². The largest absolute Gasteiger partial charge is 0.480 e. The third-order valence-electron chi connectivity index (χ3n) is 1.89. The first-order valence-corrected chi connectivity index (χ1v) is 7.40. The lowest BCUT2D eigenvalue weighted by atomic mass is 10.2. The van der Waals surface area contributed by atoms with Crippen LogP contribution in [0.1, 0.15) is 19.3 Å². The summed E-state index contributed by atoms with van der Waals surface area (Å²) in [4.78, 5) is 13.9. The fourth-order valence-electron chi connectivity index (χ4n) is 0.909. The van der Waals surface area contributed by atoms with E-state index in [-0.39, 0.29) is 11.7 Å². The topological polar surface area (TPSA) is 208 Å². The molecule has 0 radical (unpaired) electrons. The second-order valence-electron chi connectivity index (χ2n) is 3.82. The molecule has 0 fully saturated rings. The molecule has 0 heterocycles. The maximum absolute atomic E-state index is 10.2. The van der Waals surface area contributed by atoms with E-state index in [1.807, 2.05) is 0 Å². The van der Waals surface area contributed by atoms with E-state index in [1.54, 1.807) is 0 Å². The highest BCUT2D eigenvalue weighted by atomic mass is 32.2. The minimum absolute atomic E-state index is 0.0129. The molecule has 0 aliphatic heterocycles. The van der Waals surface area contributed by atoms with Crippen molar-refractivity contribution in [3.05, 3.63) is 0 Å². The summed E-state index contributed by atoms with van der Waals surface area (Å²) in [7, 11) is -3.77. The normalized spacial score (nSPS) is 11.9. The van der Waals surface area contributed by atoms with Gasteiger partial charge < -0.3 is 28.0 Å². The Labute approximate surface area is 118 Å². The number of hydrogen-bond donors (Lipinski definition) is 6. The Kier molecular flexibility index (Phi) is 11.9. The second kappa shape index (κ2) is 11.4. The Morgan fingerprint density at radius 3 is 2.10 bits per heavy atom. The van der Waals surface area contributed by atoms with Crippen molar-refractivity contribution in [1.29, 1.82) is 0 Å². The van der Waals surface area contributed by atoms with Gasteiger partial charge in [0, 0.05) is 6.54 Å². The van der Waals surface area contributed by atoms with Gasteiger partial charge in [0.05, 0.1) is 5.75 Å². The van der Waals surface area contributed by atoms with Crippen molar-refractivity contribution in [2.75, 3.05) is 18.8 Å². The van der Waals surface area contributed by atoms with Crippen LogP contribution in [-0.4, -0.2) is 54.9 Å². The molecule has 20 heavy (non-hydrogen) atoms. The lowest BCUT2D eigenvalue weighted by molar-refractivity contribution is -0.138. The maximum Gasteiger partial charge on any atom is 0.320 e. The van der Waals surface area contributed by atoms with Crippen molar-refractivity contribution in [3.8, 4) is 0 Å². The summed E-state index contributed by atoms with van der Waals surface area (Å²) in [6, 6.07) is -0.820. The Morgan fingerprint density at radius 2 is 1.80 bits per heavy atom. The van der Waals surface area contributed by atoms with Crippen LogP contribution in [0.15, 0.2) is 4.99 Å². The molecule has 1 unspecified atom stereocenters. The highest BCUT2D eigenvalue weighted by Crippen LogP contribution is 1.94. The van der Waals surface area contributed by atoms with Crippen LogP contribution in [0.5, 0.6) is 0 Å². The van der Waals surface area contributed by atoms with Crippen LogP contribution in [0.4, 0.5) is 0 Å². The summed E-state index contributed by atoms with van der Waals surface area (Å²) < 4.78 is 27.8. The molecule has 0 saturated heterocycles. The van der Waals surface area contributed by atoms with Gasteiger partial charge in [-0.25, -0.2) is 0 Å². The molecule has 0 aliphatic rings. The van der Waals surface area contributed by atoms with Gasteiger partial charge >= 0.3 is 5.97 Å². The van der Waals surface area contributed by atoms with E-state index in [0.29, 0.717) is 32.4 Å². The summed E-state index contributed by atoms with van der Waals surface area (Å²) in [6.45, 7) is 0.711. The SMILES string of the molecule is NC(N)=NCCCC(N)C(=O)O.NCCCS(=O)(=O)O. The highest BCUT2D eigenvalue weighted by Gasteiger charge is 2.09. The average molecular weight is 313 g/mol. The number of rotatable bonds is 8. The van der Waals surface area contributed by atoms with Gasteiger partial charge in [-0.1, -0.05) is 0 Å². The van der Waals surface area contributed by atoms with Crippen LogP contribution >= 0.6 is 0 Å². The summed E-state index contributed by atoms with van der Waals surface area (Å²) in [5, 5.41) is 8.38. The van der Waals surface area contributed by atoms with Crippen LogP contribution in [0, 0.1) is 0 Å². The summed E-state index contributed by atoms with van der Waals surface area (Å²) in [6.07, 6.45) is 1.27. The first-order valence-electron chi connectivity index (χ1n) is 5.79. The molecule has 0 aromatic carbocycles. The standard InChI is InChI=1S/C6H14N4O2.C3H9NO3S/c7-4(5(11)12)2-1-3-10-6(8)9;4-2-1-3-8(5,6)7/h4H,1-3,7H2,(H,11,12)(H4,8,9,10);1-4H2,(H,5,6,7). The molecule has 0 aromatic rings. The quantitative estimate of drug-likeness (QED) is 0.123. The molecule has 10 nitrogen and oxygen atoms in total. The number of hydrogen-bond acceptors (Lipinski definition) is 6. The van der Waals surface area contributed by atoms with Gasteiger partial charge in [0.25, 0.3) is 10.1 Å². The maximum atomic E-state index is 10.2. The summed E-state index contributed by atoms with van der Waals surface area (Å²) in [5.41, 5.74) is 20.3. The number of aliphatic imine (C=N–C) groups is 1. The lowest BCUT2D eigenvalue weighted by Gasteiger charge is -2.03. The van der Waals surface area contributed by atoms with Crippen LogP contribution < -0.4 is 22.9 Å². The second-order valence-corrected chi connectivity index (χ2v) is 5.39. The van der Waals surface area contributed by atoms with Crippen molar-refractivity contribution >= 4 is 22.0 Å². The molecule has 0 rings (SSSR count). The lowest BCUT2D eigenvalue weighted by Crippen LogP contribution is -2.30. The molecule has 0 aliphatic carbocycles. The number of nitrogens with two attached hydrogens (primary N) is 4. The van der Waals surface area contributed by atoms with Crippen molar-refractivity contribution in [2.45, 2.75) is 25.3 Å². The zero-order valence-corrected chi connectivity index (χ0v) is 11.9. The number of carboxylic acid groups (broad SMARTS) is 1. The van der Waals surface area contributed by atoms with Crippen molar-refractivity contribution in [1.82, 2.24) is 0 Å². The van der Waals surface area contributed by atoms with Gasteiger partial charge in [0.15, 0.2) is 5.96 Å². The predicted molar refractivity (Wildman–Crippen MR) is 75.6 cm³/mol. The van der Waals surface area contributed by atoms with Crippen molar-refractivity contribution in [2.24, 2.45) is 27.9 Å². The molecule has 120 valence electrons. The number of guanidine groups is 1. The van der Waals surface area contributed by atoms with Gasteiger partial charge in [-0.3, -0.25) is 14.3 Å². The van der Waals surface area contributed by atoms with Gasteiger partial charge in [0.1, 0.15) is 6.04 Å². The average Bonchev–Trinajstić information content (AvgIpc) is 2.31. The Bertz CT molecular complexity index is 394. The van der Waals surface area contributed by atoms with E-state index < -0.39 is 22.1 Å². The summed E-state index contributed by atoms with van der Waals surface area (Å²) >= 11 is 0. The monoisotopic (exact) mass is 313 g/mol. The smallest absolute Gasteiger partial charge is 0.320 e. The highest BCUT2D eigenvalue weighted by molar-refractivity contribution is 7.85. The Balaban J connectivity index is 0. The fourth-order valence-corrected chi connectivity index (χ4v) is 1.44. The zero-order chi connectivity index (χ0) is 16.2. The molecular weight excluding hydrogens is 290 g/mol. The van der Waals surface area contributed by atoms with E-state index in [1.165, 1.54) is 0 Å². The number of nitrogens with zero attached hydrogens (tertiary/aromatic N) is 1. The molecule has 11 heteroatoms. The summed E-state index contributed by atoms with van der Waals surface area (Å²) in [5.74, 6) is -1.22. The van der Waals surface area contributed by atoms with Crippen molar-refractivity contribution in [3.63, 3.8) is 0 Å². The molecule has 10 N–H and O–H groups in total. The van der Waals surface area contributed by atoms with Gasteiger partial charge in [-0.15, -0.1) is 0 Å². The van der Waals surface area contributed by atoms with Crippen molar-refractivity contribution < 1.29 is 22.9 Å². The van der Waals surface area contributed by atoms with Gasteiger partial charge in [-0.2, -0.15) is 8.42 Å². The molecule has 1 atom stereocenters. The Morgan fingerprint density at radius 1 is 1.25 bits per heavy atom. The number of carboxylic acids is 1. The number of carbonyl (C=O) groups is 1. The molecule has 0 amide bonds.